The molecular formula is C16H20N4O2. The maximum Gasteiger partial charge on any atom is 0.289 e. The second-order valence-electron chi connectivity index (χ2n) is 6.39. The molecule has 2 aliphatic rings. The van der Waals surface area contributed by atoms with Gasteiger partial charge in [-0.05, 0) is 24.5 Å². The summed E-state index contributed by atoms with van der Waals surface area (Å²) in [5, 5.41) is 4.23. The fourth-order valence-electron chi connectivity index (χ4n) is 3.76. The van der Waals surface area contributed by atoms with E-state index in [1.165, 1.54) is 12.0 Å². The van der Waals surface area contributed by atoms with Gasteiger partial charge in [0.05, 0.1) is 12.5 Å². The third-order valence-electron chi connectivity index (χ3n) is 4.69. The van der Waals surface area contributed by atoms with E-state index >= 15 is 0 Å². The van der Waals surface area contributed by atoms with Crippen molar-refractivity contribution in [1.82, 2.24) is 19.6 Å². The molecule has 6 heteroatoms. The summed E-state index contributed by atoms with van der Waals surface area (Å²) in [5.74, 6) is 1.03. The molecule has 0 aliphatic carbocycles. The number of nitrogens with zero attached hydrogens (tertiary/aromatic N) is 4. The number of aryl methyl sites for hydroxylation is 1. The zero-order chi connectivity index (χ0) is 15.1. The molecule has 2 saturated heterocycles. The molecule has 2 aliphatic heterocycles. The van der Waals surface area contributed by atoms with Gasteiger partial charge in [0, 0.05) is 51.0 Å². The van der Waals surface area contributed by atoms with Gasteiger partial charge < -0.3 is 9.32 Å². The predicted octanol–water partition coefficient (Wildman–Crippen LogP) is 1.36. The molecule has 0 N–H and O–H groups in total. The van der Waals surface area contributed by atoms with Crippen molar-refractivity contribution in [3.8, 4) is 0 Å². The third kappa shape index (κ3) is 2.43. The molecule has 4 heterocycles. The van der Waals surface area contributed by atoms with Gasteiger partial charge in [0.1, 0.15) is 0 Å². The highest BCUT2D eigenvalue weighted by atomic mass is 16.3. The molecule has 2 unspecified atom stereocenters. The average molecular weight is 300 g/mol. The monoisotopic (exact) mass is 300 g/mol. The quantitative estimate of drug-likeness (QED) is 0.859. The van der Waals surface area contributed by atoms with Crippen molar-refractivity contribution in [2.75, 3.05) is 19.6 Å². The van der Waals surface area contributed by atoms with Crippen LogP contribution in [0.15, 0.2) is 35.2 Å². The SMILES string of the molecule is Cn1cc(CN2CC3CC2CN(C(=O)c2ccco2)C3)cn1. The van der Waals surface area contributed by atoms with Crippen molar-refractivity contribution in [3.63, 3.8) is 0 Å². The molecule has 1 amide bonds. The Morgan fingerprint density at radius 3 is 3.05 bits per heavy atom. The van der Waals surface area contributed by atoms with Gasteiger partial charge in [0.2, 0.25) is 0 Å². The highest BCUT2D eigenvalue weighted by Gasteiger charge is 2.40. The smallest absolute Gasteiger partial charge is 0.289 e. The van der Waals surface area contributed by atoms with Crippen LogP contribution in [0.5, 0.6) is 0 Å². The van der Waals surface area contributed by atoms with Crippen molar-refractivity contribution >= 4 is 5.91 Å². The van der Waals surface area contributed by atoms with Gasteiger partial charge in [0.25, 0.3) is 5.91 Å². The lowest BCUT2D eigenvalue weighted by Gasteiger charge is -2.32. The number of aromatic nitrogens is 2. The van der Waals surface area contributed by atoms with Crippen LogP contribution in [0, 0.1) is 5.92 Å². The summed E-state index contributed by atoms with van der Waals surface area (Å²) < 4.78 is 7.09. The van der Waals surface area contributed by atoms with Gasteiger partial charge in [-0.3, -0.25) is 14.4 Å². The average Bonchev–Trinajstić information content (AvgIpc) is 3.21. The summed E-state index contributed by atoms with van der Waals surface area (Å²) in [6.45, 7) is 3.59. The molecule has 6 nitrogen and oxygen atoms in total. The molecule has 2 atom stereocenters. The van der Waals surface area contributed by atoms with Crippen LogP contribution < -0.4 is 0 Å². The number of carbonyl (C=O) groups is 1. The first-order valence-electron chi connectivity index (χ1n) is 7.73. The first kappa shape index (κ1) is 13.6. The minimum Gasteiger partial charge on any atom is -0.459 e. The molecule has 2 fully saturated rings. The van der Waals surface area contributed by atoms with Gasteiger partial charge in [-0.25, -0.2) is 0 Å². The number of fused-ring (bicyclic) bond motifs is 2. The number of carbonyl (C=O) groups excluding carboxylic acids is 1. The van der Waals surface area contributed by atoms with E-state index in [2.05, 4.69) is 16.2 Å². The zero-order valence-electron chi connectivity index (χ0n) is 12.7. The van der Waals surface area contributed by atoms with Gasteiger partial charge >= 0.3 is 0 Å². The summed E-state index contributed by atoms with van der Waals surface area (Å²) in [4.78, 5) is 16.9. The number of rotatable bonds is 3. The molecular weight excluding hydrogens is 280 g/mol. The molecule has 4 rings (SSSR count). The number of amides is 1. The number of piperidine rings is 1. The molecule has 22 heavy (non-hydrogen) atoms. The fourth-order valence-corrected chi connectivity index (χ4v) is 3.76. The Kier molecular flexibility index (Phi) is 3.26. The van der Waals surface area contributed by atoms with E-state index in [0.29, 0.717) is 17.7 Å². The van der Waals surface area contributed by atoms with E-state index < -0.39 is 0 Å². The van der Waals surface area contributed by atoms with Gasteiger partial charge in [0.15, 0.2) is 5.76 Å². The van der Waals surface area contributed by atoms with Crippen LogP contribution in [0.25, 0.3) is 0 Å². The van der Waals surface area contributed by atoms with E-state index in [4.69, 9.17) is 4.42 Å². The number of hydrogen-bond acceptors (Lipinski definition) is 4. The van der Waals surface area contributed by atoms with Crippen LogP contribution in [-0.4, -0.2) is 51.2 Å². The van der Waals surface area contributed by atoms with E-state index in [1.54, 1.807) is 18.4 Å². The Morgan fingerprint density at radius 1 is 1.41 bits per heavy atom. The number of likely N-dealkylation sites (tertiary alicyclic amines) is 2. The summed E-state index contributed by atoms with van der Waals surface area (Å²) in [6, 6.07) is 3.95. The summed E-state index contributed by atoms with van der Waals surface area (Å²) in [5.41, 5.74) is 1.24. The Bertz CT molecular complexity index is 664. The van der Waals surface area contributed by atoms with Crippen LogP contribution in [-0.2, 0) is 13.6 Å². The molecule has 0 radical (unpaired) electrons. The van der Waals surface area contributed by atoms with Crippen molar-refractivity contribution < 1.29 is 9.21 Å². The van der Waals surface area contributed by atoms with E-state index in [9.17, 15) is 4.79 Å². The molecule has 0 spiro atoms. The van der Waals surface area contributed by atoms with Crippen molar-refractivity contribution in [2.24, 2.45) is 13.0 Å². The second kappa shape index (κ2) is 5.28. The largest absolute Gasteiger partial charge is 0.459 e. The number of furan rings is 1. The highest BCUT2D eigenvalue weighted by Crippen LogP contribution is 2.31. The van der Waals surface area contributed by atoms with Crippen molar-refractivity contribution in [2.45, 2.75) is 19.0 Å². The second-order valence-corrected chi connectivity index (χ2v) is 6.39. The molecule has 0 saturated carbocycles. The molecule has 0 aromatic carbocycles. The molecule has 2 aromatic rings. The first-order valence-corrected chi connectivity index (χ1v) is 7.73. The van der Waals surface area contributed by atoms with Crippen LogP contribution in [0.4, 0.5) is 0 Å². The van der Waals surface area contributed by atoms with E-state index in [0.717, 1.165) is 26.2 Å². The van der Waals surface area contributed by atoms with Gasteiger partial charge in [-0.15, -0.1) is 0 Å². The van der Waals surface area contributed by atoms with Crippen LogP contribution >= 0.6 is 0 Å². The Labute approximate surface area is 129 Å². The Hall–Kier alpha value is -2.08. The minimum atomic E-state index is 0.0166. The lowest BCUT2D eigenvalue weighted by Crippen LogP contribution is -2.45. The Morgan fingerprint density at radius 2 is 2.32 bits per heavy atom. The fraction of sp³-hybridized carbons (Fsp3) is 0.500. The van der Waals surface area contributed by atoms with Gasteiger partial charge in [-0.2, -0.15) is 5.10 Å². The predicted molar refractivity (Wildman–Crippen MR) is 80.1 cm³/mol. The molecule has 2 aromatic heterocycles. The Balaban J connectivity index is 1.45. The zero-order valence-corrected chi connectivity index (χ0v) is 12.7. The highest BCUT2D eigenvalue weighted by molar-refractivity contribution is 5.91. The van der Waals surface area contributed by atoms with Crippen molar-refractivity contribution in [1.29, 1.82) is 0 Å². The number of hydrogen-bond donors (Lipinski definition) is 0. The van der Waals surface area contributed by atoms with E-state index in [-0.39, 0.29) is 5.91 Å². The van der Waals surface area contributed by atoms with Crippen LogP contribution in [0.2, 0.25) is 0 Å². The molecule has 2 bridgehead atoms. The van der Waals surface area contributed by atoms with Crippen LogP contribution in [0.1, 0.15) is 22.5 Å². The third-order valence-corrected chi connectivity index (χ3v) is 4.69. The first-order chi connectivity index (χ1) is 10.7. The summed E-state index contributed by atoms with van der Waals surface area (Å²) in [6.07, 6.45) is 6.73. The lowest BCUT2D eigenvalue weighted by atomic mass is 10.00. The van der Waals surface area contributed by atoms with Gasteiger partial charge in [-0.1, -0.05) is 0 Å². The lowest BCUT2D eigenvalue weighted by molar-refractivity contribution is 0.0636. The van der Waals surface area contributed by atoms with Crippen LogP contribution in [0.3, 0.4) is 0 Å². The standard InChI is InChI=1S/C16H20N4O2/c1-18-7-13(6-17-18)10-19-8-12-5-14(19)11-20(9-12)16(21)15-3-2-4-22-15/h2-4,6-7,12,14H,5,8-11H2,1H3. The van der Waals surface area contributed by atoms with E-state index in [1.807, 2.05) is 22.8 Å². The maximum absolute atomic E-state index is 12.4. The minimum absolute atomic E-state index is 0.0166. The normalized spacial score (nSPS) is 24.9. The maximum atomic E-state index is 12.4. The van der Waals surface area contributed by atoms with Crippen molar-refractivity contribution in [3.05, 3.63) is 42.1 Å². The topological polar surface area (TPSA) is 54.5 Å². The summed E-state index contributed by atoms with van der Waals surface area (Å²) >= 11 is 0. The summed E-state index contributed by atoms with van der Waals surface area (Å²) in [7, 11) is 1.94. The molecule has 116 valence electrons.